The fourth-order valence-corrected chi connectivity index (χ4v) is 3.40. The molecule has 0 spiro atoms. The van der Waals surface area contributed by atoms with Gasteiger partial charge in [0.1, 0.15) is 18.4 Å². The summed E-state index contributed by atoms with van der Waals surface area (Å²) >= 11 is 0. The van der Waals surface area contributed by atoms with E-state index in [1.807, 2.05) is 24.3 Å². The Balaban J connectivity index is 1.99. The van der Waals surface area contributed by atoms with Crippen molar-refractivity contribution in [3.63, 3.8) is 0 Å². The lowest BCUT2D eigenvalue weighted by atomic mass is 9.99. The normalized spacial score (nSPS) is 12.4. The quantitative estimate of drug-likeness (QED) is 0.175. The van der Waals surface area contributed by atoms with E-state index < -0.39 is 24.0 Å². The predicted octanol–water partition coefficient (Wildman–Crippen LogP) is 2.28. The van der Waals surface area contributed by atoms with E-state index >= 15 is 0 Å². The number of carbonyl (C=O) groups is 3. The van der Waals surface area contributed by atoms with Crippen LogP contribution in [0.2, 0.25) is 0 Å². The van der Waals surface area contributed by atoms with Crippen molar-refractivity contribution in [2.75, 3.05) is 32.2 Å². The highest BCUT2D eigenvalue weighted by Gasteiger charge is 2.25. The molecule has 34 heavy (non-hydrogen) atoms. The number of anilines is 1. The minimum absolute atomic E-state index is 0.0471. The molecular weight excluding hydrogens is 440 g/mol. The van der Waals surface area contributed by atoms with Crippen molar-refractivity contribution in [1.82, 2.24) is 5.32 Å². The molecule has 0 aliphatic heterocycles. The summed E-state index contributed by atoms with van der Waals surface area (Å²) in [4.78, 5) is 36.4. The topological polar surface area (TPSA) is 134 Å². The molecular formula is C25H32N2O7. The second kappa shape index (κ2) is 14.0. The van der Waals surface area contributed by atoms with Gasteiger partial charge in [-0.2, -0.15) is 0 Å². The van der Waals surface area contributed by atoms with Crippen molar-refractivity contribution >= 4 is 23.4 Å². The molecule has 2 rings (SSSR count). The number of ketones is 1. The maximum absolute atomic E-state index is 13.2. The highest BCUT2D eigenvalue weighted by Crippen LogP contribution is 2.20. The molecule has 4 N–H and O–H groups in total. The van der Waals surface area contributed by atoms with Gasteiger partial charge in [-0.15, -0.1) is 0 Å². The van der Waals surface area contributed by atoms with Gasteiger partial charge >= 0.3 is 11.9 Å². The van der Waals surface area contributed by atoms with E-state index in [4.69, 9.17) is 14.6 Å². The number of aliphatic hydroxyl groups excluding tert-OH is 1. The summed E-state index contributed by atoms with van der Waals surface area (Å²) in [7, 11) is 1.28. The SMILES string of the molecule is COC(=O)C(C)Nc1ccccc1C(=O)[C@H](CC(=O)O)NCCCc1ccc(OCCO)cc1. The smallest absolute Gasteiger partial charge is 0.327 e. The molecule has 9 nitrogen and oxygen atoms in total. The first-order chi connectivity index (χ1) is 16.3. The van der Waals surface area contributed by atoms with E-state index in [0.29, 0.717) is 30.0 Å². The number of carbonyl (C=O) groups excluding carboxylic acids is 2. The van der Waals surface area contributed by atoms with Crippen LogP contribution in [0.1, 0.15) is 35.7 Å². The number of ether oxygens (including phenoxy) is 2. The zero-order valence-corrected chi connectivity index (χ0v) is 19.5. The van der Waals surface area contributed by atoms with Gasteiger partial charge in [0.2, 0.25) is 0 Å². The van der Waals surface area contributed by atoms with Crippen molar-refractivity contribution in [3.05, 3.63) is 59.7 Å². The first-order valence-corrected chi connectivity index (χ1v) is 11.1. The van der Waals surface area contributed by atoms with E-state index in [0.717, 1.165) is 12.0 Å². The zero-order chi connectivity index (χ0) is 24.9. The third kappa shape index (κ3) is 8.49. The molecule has 2 aromatic rings. The van der Waals surface area contributed by atoms with E-state index in [9.17, 15) is 19.5 Å². The van der Waals surface area contributed by atoms with Crippen LogP contribution >= 0.6 is 0 Å². The van der Waals surface area contributed by atoms with Crippen LogP contribution in [0.5, 0.6) is 5.75 Å². The molecule has 0 radical (unpaired) electrons. The van der Waals surface area contributed by atoms with Crippen LogP contribution in [0, 0.1) is 0 Å². The molecule has 0 aliphatic rings. The van der Waals surface area contributed by atoms with Crippen LogP contribution in [0.4, 0.5) is 5.69 Å². The third-order valence-electron chi connectivity index (χ3n) is 5.13. The Kier molecular flexibility index (Phi) is 11.0. The maximum atomic E-state index is 13.2. The molecule has 0 heterocycles. The van der Waals surface area contributed by atoms with Gasteiger partial charge in [-0.3, -0.25) is 9.59 Å². The predicted molar refractivity (Wildman–Crippen MR) is 127 cm³/mol. The fourth-order valence-electron chi connectivity index (χ4n) is 3.40. The highest BCUT2D eigenvalue weighted by atomic mass is 16.5. The Labute approximate surface area is 199 Å². The van der Waals surface area contributed by atoms with Crippen molar-refractivity contribution in [3.8, 4) is 5.75 Å². The summed E-state index contributed by atoms with van der Waals surface area (Å²) in [5, 5.41) is 24.2. The second-order valence-electron chi connectivity index (χ2n) is 7.72. The third-order valence-corrected chi connectivity index (χ3v) is 5.13. The number of carboxylic acids is 1. The Morgan fingerprint density at radius 3 is 2.41 bits per heavy atom. The summed E-state index contributed by atoms with van der Waals surface area (Å²) < 4.78 is 10.1. The summed E-state index contributed by atoms with van der Waals surface area (Å²) in [6.07, 6.45) is 1.06. The molecule has 2 aromatic carbocycles. The monoisotopic (exact) mass is 472 g/mol. The van der Waals surface area contributed by atoms with E-state index in [1.54, 1.807) is 31.2 Å². The van der Waals surface area contributed by atoms with Crippen LogP contribution in [-0.2, 0) is 20.7 Å². The average molecular weight is 473 g/mol. The Bertz CT molecular complexity index is 947. The molecule has 9 heteroatoms. The molecule has 1 unspecified atom stereocenters. The molecule has 0 saturated carbocycles. The number of carboxylic acid groups (broad SMARTS) is 1. The molecule has 0 fully saturated rings. The van der Waals surface area contributed by atoms with E-state index in [-0.39, 0.29) is 25.4 Å². The van der Waals surface area contributed by atoms with Gasteiger partial charge in [0.25, 0.3) is 0 Å². The van der Waals surface area contributed by atoms with Crippen molar-refractivity contribution < 1.29 is 34.1 Å². The van der Waals surface area contributed by atoms with Gasteiger partial charge in [0, 0.05) is 11.3 Å². The van der Waals surface area contributed by atoms with Crippen molar-refractivity contribution in [1.29, 1.82) is 0 Å². The Hall–Kier alpha value is -3.43. The Morgan fingerprint density at radius 2 is 1.76 bits per heavy atom. The molecule has 0 saturated heterocycles. The number of benzene rings is 2. The molecule has 0 bridgehead atoms. The molecule has 2 atom stereocenters. The van der Waals surface area contributed by atoms with E-state index in [1.165, 1.54) is 7.11 Å². The number of rotatable bonds is 15. The van der Waals surface area contributed by atoms with Gasteiger partial charge in [0.15, 0.2) is 5.78 Å². The minimum atomic E-state index is -1.09. The molecule has 0 aromatic heterocycles. The number of aliphatic hydroxyl groups is 1. The van der Waals surface area contributed by atoms with Crippen LogP contribution in [0.15, 0.2) is 48.5 Å². The maximum Gasteiger partial charge on any atom is 0.327 e. The number of para-hydroxylation sites is 1. The number of esters is 1. The first-order valence-electron chi connectivity index (χ1n) is 11.1. The lowest BCUT2D eigenvalue weighted by Gasteiger charge is -2.20. The lowest BCUT2D eigenvalue weighted by molar-refractivity contribution is -0.141. The number of methoxy groups -OCH3 is 1. The number of hydrogen-bond donors (Lipinski definition) is 4. The summed E-state index contributed by atoms with van der Waals surface area (Å²) in [5.74, 6) is -1.25. The van der Waals surface area contributed by atoms with Gasteiger partial charge in [-0.25, -0.2) is 4.79 Å². The minimum Gasteiger partial charge on any atom is -0.491 e. The molecule has 0 amide bonds. The van der Waals surface area contributed by atoms with Crippen LogP contribution < -0.4 is 15.4 Å². The van der Waals surface area contributed by atoms with Crippen LogP contribution in [-0.4, -0.2) is 66.9 Å². The summed E-state index contributed by atoms with van der Waals surface area (Å²) in [6, 6.07) is 12.6. The summed E-state index contributed by atoms with van der Waals surface area (Å²) in [5.41, 5.74) is 1.81. The van der Waals surface area contributed by atoms with Crippen LogP contribution in [0.3, 0.4) is 0 Å². The zero-order valence-electron chi connectivity index (χ0n) is 19.5. The standard InChI is InChI=1S/C25H32N2O7/c1-17(25(32)33-2)27-21-8-4-3-7-20(21)24(31)22(16-23(29)30)26-13-5-6-18-9-11-19(12-10-18)34-15-14-28/h3-4,7-12,17,22,26-28H,5-6,13-16H2,1-2H3,(H,29,30)/t17?,22-/m0/s1. The molecule has 0 aliphatic carbocycles. The number of aliphatic carboxylic acids is 1. The van der Waals surface area contributed by atoms with E-state index in [2.05, 4.69) is 10.6 Å². The van der Waals surface area contributed by atoms with Crippen molar-refractivity contribution in [2.24, 2.45) is 0 Å². The lowest BCUT2D eigenvalue weighted by Crippen LogP contribution is -2.40. The molecule has 184 valence electrons. The first kappa shape index (κ1) is 26.8. The van der Waals surface area contributed by atoms with Gasteiger partial charge < -0.3 is 30.3 Å². The Morgan fingerprint density at radius 1 is 1.06 bits per heavy atom. The average Bonchev–Trinajstić information content (AvgIpc) is 2.84. The highest BCUT2D eigenvalue weighted by molar-refractivity contribution is 6.06. The van der Waals surface area contributed by atoms with Gasteiger partial charge in [0.05, 0.1) is 26.2 Å². The number of aryl methyl sites for hydroxylation is 1. The van der Waals surface area contributed by atoms with Crippen LogP contribution in [0.25, 0.3) is 0 Å². The number of Topliss-reactive ketones (excluding diaryl/α,β-unsaturated/α-hetero) is 1. The number of hydrogen-bond acceptors (Lipinski definition) is 8. The number of nitrogens with one attached hydrogen (secondary N) is 2. The van der Waals surface area contributed by atoms with Crippen molar-refractivity contribution in [2.45, 2.75) is 38.3 Å². The van der Waals surface area contributed by atoms with Gasteiger partial charge in [-0.1, -0.05) is 24.3 Å². The fraction of sp³-hybridized carbons (Fsp3) is 0.400. The second-order valence-corrected chi connectivity index (χ2v) is 7.72. The van der Waals surface area contributed by atoms with Gasteiger partial charge in [-0.05, 0) is 56.1 Å². The summed E-state index contributed by atoms with van der Waals surface area (Å²) in [6.45, 7) is 2.25. The largest absolute Gasteiger partial charge is 0.491 e.